The highest BCUT2D eigenvalue weighted by molar-refractivity contribution is 5.59. The predicted molar refractivity (Wildman–Crippen MR) is 81.9 cm³/mol. The lowest BCUT2D eigenvalue weighted by atomic mass is 10.1. The minimum Gasteiger partial charge on any atom is -0.483 e. The van der Waals surface area contributed by atoms with E-state index in [2.05, 4.69) is 12.1 Å². The molecule has 2 N–H and O–H groups in total. The third-order valence-corrected chi connectivity index (χ3v) is 3.20. The zero-order valence-corrected chi connectivity index (χ0v) is 11.7. The van der Waals surface area contributed by atoms with Crippen molar-refractivity contribution in [1.29, 1.82) is 0 Å². The zero-order valence-electron chi connectivity index (χ0n) is 11.7. The Labute approximate surface area is 123 Å². The number of anilines is 1. The maximum absolute atomic E-state index is 5.82. The van der Waals surface area contributed by atoms with Crippen molar-refractivity contribution in [2.75, 3.05) is 5.73 Å². The topological polar surface area (TPSA) is 61.3 Å². The predicted octanol–water partition coefficient (Wildman–Crippen LogP) is 3.81. The second-order valence-corrected chi connectivity index (χ2v) is 4.87. The summed E-state index contributed by atoms with van der Waals surface area (Å²) in [5, 5.41) is 4.06. The van der Waals surface area contributed by atoms with Crippen molar-refractivity contribution in [3.05, 3.63) is 65.9 Å². The Morgan fingerprint density at radius 3 is 2.62 bits per heavy atom. The number of rotatable bonds is 4. The van der Waals surface area contributed by atoms with Crippen LogP contribution in [0.4, 0.5) is 5.69 Å². The molecule has 106 valence electrons. The molecule has 0 saturated carbocycles. The van der Waals surface area contributed by atoms with E-state index in [1.54, 1.807) is 6.07 Å². The van der Waals surface area contributed by atoms with E-state index < -0.39 is 0 Å². The first-order valence-electron chi connectivity index (χ1n) is 6.72. The van der Waals surface area contributed by atoms with Crippen molar-refractivity contribution in [3.63, 3.8) is 0 Å². The largest absolute Gasteiger partial charge is 0.483 e. The molecule has 0 bridgehead atoms. The van der Waals surface area contributed by atoms with Gasteiger partial charge in [-0.25, -0.2) is 0 Å². The number of aryl methyl sites for hydroxylation is 1. The van der Waals surface area contributed by atoms with Crippen LogP contribution in [0.2, 0.25) is 0 Å². The van der Waals surface area contributed by atoms with Gasteiger partial charge >= 0.3 is 0 Å². The molecule has 0 unspecified atom stereocenters. The van der Waals surface area contributed by atoms with Crippen LogP contribution in [0, 0.1) is 6.92 Å². The lowest BCUT2D eigenvalue weighted by molar-refractivity contribution is 0.250. The normalized spacial score (nSPS) is 10.5. The van der Waals surface area contributed by atoms with Gasteiger partial charge in [0.1, 0.15) is 18.1 Å². The summed E-state index contributed by atoms with van der Waals surface area (Å²) < 4.78 is 10.9. The van der Waals surface area contributed by atoms with Crippen LogP contribution in [0.15, 0.2) is 59.1 Å². The number of nitrogens with zero attached hydrogens (tertiary/aromatic N) is 1. The first-order chi connectivity index (χ1) is 10.2. The molecule has 0 aliphatic carbocycles. The standard InChI is InChI=1S/C17H16N2O2/c1-12-6-8-13(9-7-12)16-10-14(21-19-16)11-20-17-5-3-2-4-15(17)18/h2-10H,11,18H2,1H3. The number of aromatic nitrogens is 1. The Morgan fingerprint density at radius 2 is 1.86 bits per heavy atom. The monoisotopic (exact) mass is 280 g/mol. The summed E-state index contributed by atoms with van der Waals surface area (Å²) >= 11 is 0. The Hall–Kier alpha value is -2.75. The second kappa shape index (κ2) is 5.71. The zero-order chi connectivity index (χ0) is 14.7. The highest BCUT2D eigenvalue weighted by Crippen LogP contribution is 2.23. The minimum atomic E-state index is 0.299. The number of benzene rings is 2. The van der Waals surface area contributed by atoms with E-state index in [9.17, 15) is 0 Å². The van der Waals surface area contributed by atoms with Crippen molar-refractivity contribution in [3.8, 4) is 17.0 Å². The van der Waals surface area contributed by atoms with Crippen LogP contribution in [-0.4, -0.2) is 5.16 Å². The molecule has 4 nitrogen and oxygen atoms in total. The average molecular weight is 280 g/mol. The Morgan fingerprint density at radius 1 is 1.10 bits per heavy atom. The number of nitrogens with two attached hydrogens (primary N) is 1. The van der Waals surface area contributed by atoms with Gasteiger partial charge in [-0.05, 0) is 19.1 Å². The van der Waals surface area contributed by atoms with E-state index in [-0.39, 0.29) is 0 Å². The molecule has 1 aromatic heterocycles. The van der Waals surface area contributed by atoms with Gasteiger partial charge < -0.3 is 15.0 Å². The smallest absolute Gasteiger partial charge is 0.174 e. The first kappa shape index (κ1) is 13.2. The highest BCUT2D eigenvalue weighted by Gasteiger charge is 2.08. The SMILES string of the molecule is Cc1ccc(-c2cc(COc3ccccc3N)on2)cc1. The highest BCUT2D eigenvalue weighted by atomic mass is 16.5. The molecule has 21 heavy (non-hydrogen) atoms. The van der Waals surface area contributed by atoms with Crippen molar-refractivity contribution in [2.45, 2.75) is 13.5 Å². The van der Waals surface area contributed by atoms with Crippen molar-refractivity contribution < 1.29 is 9.26 Å². The van der Waals surface area contributed by atoms with Crippen molar-refractivity contribution >= 4 is 5.69 Å². The molecule has 3 rings (SSSR count). The number of ether oxygens (including phenoxy) is 1. The van der Waals surface area contributed by atoms with Crippen LogP contribution in [0.5, 0.6) is 5.75 Å². The van der Waals surface area contributed by atoms with E-state index in [1.165, 1.54) is 5.56 Å². The summed E-state index contributed by atoms with van der Waals surface area (Å²) in [6, 6.07) is 17.4. The molecular weight excluding hydrogens is 264 g/mol. The third-order valence-electron chi connectivity index (χ3n) is 3.20. The molecule has 0 atom stereocenters. The van der Waals surface area contributed by atoms with E-state index in [0.29, 0.717) is 23.8 Å². The van der Waals surface area contributed by atoms with E-state index >= 15 is 0 Å². The van der Waals surface area contributed by atoms with Gasteiger partial charge in [-0.1, -0.05) is 47.1 Å². The van der Waals surface area contributed by atoms with Crippen LogP contribution in [0.25, 0.3) is 11.3 Å². The molecule has 4 heteroatoms. The summed E-state index contributed by atoms with van der Waals surface area (Å²) in [6.07, 6.45) is 0. The van der Waals surface area contributed by atoms with Crippen LogP contribution >= 0.6 is 0 Å². The van der Waals surface area contributed by atoms with Crippen LogP contribution < -0.4 is 10.5 Å². The molecule has 0 aliphatic heterocycles. The van der Waals surface area contributed by atoms with Gasteiger partial charge in [0, 0.05) is 11.6 Å². The van der Waals surface area contributed by atoms with E-state index in [4.69, 9.17) is 15.0 Å². The number of hydrogen-bond donors (Lipinski definition) is 1. The van der Waals surface area contributed by atoms with Crippen molar-refractivity contribution in [1.82, 2.24) is 5.16 Å². The van der Waals surface area contributed by atoms with Gasteiger partial charge in [0.2, 0.25) is 0 Å². The molecule has 0 saturated heterocycles. The lowest BCUT2D eigenvalue weighted by Gasteiger charge is -2.05. The Balaban J connectivity index is 1.71. The summed E-state index contributed by atoms with van der Waals surface area (Å²) in [7, 11) is 0. The molecule has 0 amide bonds. The second-order valence-electron chi connectivity index (χ2n) is 4.87. The van der Waals surface area contributed by atoms with Gasteiger partial charge in [0.15, 0.2) is 5.76 Å². The summed E-state index contributed by atoms with van der Waals surface area (Å²) in [5.74, 6) is 1.31. The van der Waals surface area contributed by atoms with Gasteiger partial charge in [-0.2, -0.15) is 0 Å². The molecule has 0 spiro atoms. The van der Waals surface area contributed by atoms with E-state index in [1.807, 2.05) is 48.5 Å². The van der Waals surface area contributed by atoms with Crippen LogP contribution in [0.3, 0.4) is 0 Å². The van der Waals surface area contributed by atoms with E-state index in [0.717, 1.165) is 11.3 Å². The van der Waals surface area contributed by atoms with Gasteiger partial charge in [-0.15, -0.1) is 0 Å². The molecule has 3 aromatic rings. The Bertz CT molecular complexity index is 733. The molecule has 1 heterocycles. The number of para-hydroxylation sites is 2. The van der Waals surface area contributed by atoms with Crippen molar-refractivity contribution in [2.24, 2.45) is 0 Å². The fraction of sp³-hybridized carbons (Fsp3) is 0.118. The number of nitrogen functional groups attached to an aromatic ring is 1. The minimum absolute atomic E-state index is 0.299. The molecule has 2 aromatic carbocycles. The number of hydrogen-bond acceptors (Lipinski definition) is 4. The summed E-state index contributed by atoms with van der Waals surface area (Å²) in [5.41, 5.74) is 9.47. The first-order valence-corrected chi connectivity index (χ1v) is 6.72. The van der Waals surface area contributed by atoms with Crippen LogP contribution in [-0.2, 0) is 6.61 Å². The summed E-state index contributed by atoms with van der Waals surface area (Å²) in [6.45, 7) is 2.35. The molecule has 0 aliphatic rings. The van der Waals surface area contributed by atoms with Crippen LogP contribution in [0.1, 0.15) is 11.3 Å². The van der Waals surface area contributed by atoms with Gasteiger partial charge in [0.05, 0.1) is 5.69 Å². The maximum atomic E-state index is 5.82. The average Bonchev–Trinajstić information content (AvgIpc) is 2.96. The van der Waals surface area contributed by atoms with Gasteiger partial charge in [0.25, 0.3) is 0 Å². The Kier molecular flexibility index (Phi) is 3.60. The molecule has 0 fully saturated rings. The third kappa shape index (κ3) is 3.05. The fourth-order valence-corrected chi connectivity index (χ4v) is 2.00. The fourth-order valence-electron chi connectivity index (χ4n) is 2.00. The quantitative estimate of drug-likeness (QED) is 0.738. The molecular formula is C17H16N2O2. The lowest BCUT2D eigenvalue weighted by Crippen LogP contribution is -1.97. The molecule has 0 radical (unpaired) electrons. The maximum Gasteiger partial charge on any atom is 0.174 e. The summed E-state index contributed by atoms with van der Waals surface area (Å²) in [4.78, 5) is 0. The van der Waals surface area contributed by atoms with Gasteiger partial charge in [-0.3, -0.25) is 0 Å².